The van der Waals surface area contributed by atoms with E-state index in [-0.39, 0.29) is 23.0 Å². The molecule has 1 amide bonds. The molecule has 0 spiro atoms. The Morgan fingerprint density at radius 3 is 2.76 bits per heavy atom. The lowest BCUT2D eigenvalue weighted by Crippen LogP contribution is -2.33. The van der Waals surface area contributed by atoms with Crippen LogP contribution in [0.1, 0.15) is 16.2 Å². The standard InChI is InChI=1S/C16H21N5O3S/c1-19(2)9-8-17-16(22)15-13-10-20(3)25(23,24)14-7-5-4-6-12(14)21(13)11-18-15/h4-7,11H,8-10H2,1-3H3,(H,17,22). The minimum absolute atomic E-state index is 0.0768. The molecular weight excluding hydrogens is 342 g/mol. The lowest BCUT2D eigenvalue weighted by molar-refractivity contribution is 0.0945. The van der Waals surface area contributed by atoms with Gasteiger partial charge in [-0.25, -0.2) is 13.4 Å². The number of amides is 1. The smallest absolute Gasteiger partial charge is 0.271 e. The van der Waals surface area contributed by atoms with Gasteiger partial charge in [-0.05, 0) is 26.2 Å². The summed E-state index contributed by atoms with van der Waals surface area (Å²) in [5.41, 5.74) is 1.30. The summed E-state index contributed by atoms with van der Waals surface area (Å²) >= 11 is 0. The predicted octanol–water partition coefficient (Wildman–Crippen LogP) is 0.298. The van der Waals surface area contributed by atoms with E-state index in [0.717, 1.165) is 0 Å². The van der Waals surface area contributed by atoms with E-state index in [0.29, 0.717) is 24.5 Å². The van der Waals surface area contributed by atoms with Crippen LogP contribution >= 0.6 is 0 Å². The van der Waals surface area contributed by atoms with Gasteiger partial charge < -0.3 is 10.2 Å². The first kappa shape index (κ1) is 17.6. The first-order chi connectivity index (χ1) is 11.8. The van der Waals surface area contributed by atoms with Crippen molar-refractivity contribution in [2.24, 2.45) is 0 Å². The van der Waals surface area contributed by atoms with E-state index in [4.69, 9.17) is 0 Å². The topological polar surface area (TPSA) is 87.5 Å². The highest BCUT2D eigenvalue weighted by Crippen LogP contribution is 2.30. The molecule has 0 aliphatic carbocycles. The second-order valence-corrected chi connectivity index (χ2v) is 8.21. The first-order valence-corrected chi connectivity index (χ1v) is 9.31. The lowest BCUT2D eigenvalue weighted by atomic mass is 10.2. The van der Waals surface area contributed by atoms with Gasteiger partial charge in [0.15, 0.2) is 5.69 Å². The fourth-order valence-corrected chi connectivity index (χ4v) is 4.05. The van der Waals surface area contributed by atoms with E-state index in [2.05, 4.69) is 10.3 Å². The molecule has 1 aliphatic rings. The van der Waals surface area contributed by atoms with E-state index < -0.39 is 10.0 Å². The van der Waals surface area contributed by atoms with Crippen LogP contribution in [0.25, 0.3) is 5.69 Å². The lowest BCUT2D eigenvalue weighted by Gasteiger charge is -2.14. The zero-order valence-corrected chi connectivity index (χ0v) is 15.2. The first-order valence-electron chi connectivity index (χ1n) is 7.87. The van der Waals surface area contributed by atoms with E-state index in [1.54, 1.807) is 28.8 Å². The van der Waals surface area contributed by atoms with E-state index >= 15 is 0 Å². The van der Waals surface area contributed by atoms with Crippen LogP contribution in [0.15, 0.2) is 35.5 Å². The molecule has 1 aromatic carbocycles. The third kappa shape index (κ3) is 3.17. The highest BCUT2D eigenvalue weighted by Gasteiger charge is 2.32. The molecule has 134 valence electrons. The van der Waals surface area contributed by atoms with Crippen LogP contribution in [-0.2, 0) is 16.6 Å². The van der Waals surface area contributed by atoms with Crippen molar-refractivity contribution in [3.8, 4) is 5.69 Å². The van der Waals surface area contributed by atoms with E-state index in [9.17, 15) is 13.2 Å². The molecule has 0 fully saturated rings. The molecule has 0 saturated heterocycles. The summed E-state index contributed by atoms with van der Waals surface area (Å²) in [6.45, 7) is 1.27. The molecule has 9 heteroatoms. The molecule has 0 atom stereocenters. The largest absolute Gasteiger partial charge is 0.349 e. The van der Waals surface area contributed by atoms with Crippen molar-refractivity contribution in [1.29, 1.82) is 0 Å². The summed E-state index contributed by atoms with van der Waals surface area (Å²) in [7, 11) is 1.73. The Balaban J connectivity index is 2.01. The number of nitrogens with one attached hydrogen (secondary N) is 1. The Bertz CT molecular complexity index is 904. The number of rotatable bonds is 4. The normalized spacial score (nSPS) is 16.2. The second kappa shape index (κ2) is 6.58. The maximum atomic E-state index is 12.7. The van der Waals surface area contributed by atoms with Crippen LogP contribution in [0.4, 0.5) is 0 Å². The average molecular weight is 363 g/mol. The number of imidazole rings is 1. The van der Waals surface area contributed by atoms with Crippen LogP contribution < -0.4 is 5.32 Å². The highest BCUT2D eigenvalue weighted by molar-refractivity contribution is 7.89. The van der Waals surface area contributed by atoms with Crippen LogP contribution in [0.5, 0.6) is 0 Å². The van der Waals surface area contributed by atoms with Gasteiger partial charge in [-0.2, -0.15) is 4.31 Å². The maximum absolute atomic E-state index is 12.7. The van der Waals surface area contributed by atoms with Gasteiger partial charge >= 0.3 is 0 Å². The summed E-state index contributed by atoms with van der Waals surface area (Å²) in [5.74, 6) is -0.305. The molecule has 1 aromatic heterocycles. The zero-order chi connectivity index (χ0) is 18.2. The van der Waals surface area contributed by atoms with Crippen LogP contribution in [0.2, 0.25) is 0 Å². The SMILES string of the molecule is CN(C)CCNC(=O)c1ncn2c1CN(C)S(=O)(=O)c1ccccc1-2. The van der Waals surface area contributed by atoms with Crippen molar-refractivity contribution in [3.63, 3.8) is 0 Å². The van der Waals surface area contributed by atoms with Crippen LogP contribution in [0.3, 0.4) is 0 Å². The molecule has 25 heavy (non-hydrogen) atoms. The van der Waals surface area contributed by atoms with Gasteiger partial charge in [0.1, 0.15) is 11.2 Å². The molecule has 0 unspecified atom stereocenters. The number of carbonyl (C=O) groups excluding carboxylic acids is 1. The monoisotopic (exact) mass is 363 g/mol. The Kier molecular flexibility index (Phi) is 4.63. The third-order valence-corrected chi connectivity index (χ3v) is 5.96. The van der Waals surface area contributed by atoms with Gasteiger partial charge in [-0.1, -0.05) is 12.1 Å². The quantitative estimate of drug-likeness (QED) is 0.844. The van der Waals surface area contributed by atoms with Gasteiger partial charge in [0.05, 0.1) is 17.9 Å². The Labute approximate surface area is 147 Å². The molecule has 2 aromatic rings. The number of fused-ring (bicyclic) bond motifs is 3. The van der Waals surface area contributed by atoms with E-state index in [1.165, 1.54) is 17.7 Å². The summed E-state index contributed by atoms with van der Waals surface area (Å²) in [6.07, 6.45) is 1.50. The van der Waals surface area contributed by atoms with Gasteiger partial charge in [0, 0.05) is 20.1 Å². The van der Waals surface area contributed by atoms with Crippen LogP contribution in [0, 0.1) is 0 Å². The molecule has 1 N–H and O–H groups in total. The number of hydrogen-bond donors (Lipinski definition) is 1. The molecule has 0 bridgehead atoms. The van der Waals surface area contributed by atoms with Gasteiger partial charge in [-0.3, -0.25) is 9.36 Å². The Morgan fingerprint density at radius 2 is 2.04 bits per heavy atom. The zero-order valence-electron chi connectivity index (χ0n) is 14.4. The number of carbonyl (C=O) groups is 1. The summed E-state index contributed by atoms with van der Waals surface area (Å²) in [5, 5.41) is 2.82. The predicted molar refractivity (Wildman–Crippen MR) is 93.1 cm³/mol. The van der Waals surface area contributed by atoms with Crippen molar-refractivity contribution < 1.29 is 13.2 Å². The molecule has 0 saturated carbocycles. The van der Waals surface area contributed by atoms with Gasteiger partial charge in [0.25, 0.3) is 5.91 Å². The number of hydrogen-bond acceptors (Lipinski definition) is 5. The minimum Gasteiger partial charge on any atom is -0.349 e. The van der Waals surface area contributed by atoms with Crippen molar-refractivity contribution in [2.45, 2.75) is 11.4 Å². The molecule has 1 aliphatic heterocycles. The fraction of sp³-hybridized carbons (Fsp3) is 0.375. The summed E-state index contributed by atoms with van der Waals surface area (Å²) in [4.78, 5) is 18.9. The summed E-state index contributed by atoms with van der Waals surface area (Å²) in [6, 6.07) is 6.72. The Morgan fingerprint density at radius 1 is 1.32 bits per heavy atom. The molecule has 0 radical (unpaired) electrons. The van der Waals surface area contributed by atoms with Crippen molar-refractivity contribution in [1.82, 2.24) is 24.1 Å². The molecule has 8 nitrogen and oxygen atoms in total. The van der Waals surface area contributed by atoms with Crippen LogP contribution in [-0.4, -0.2) is 67.3 Å². The average Bonchev–Trinajstić information content (AvgIpc) is 2.94. The highest BCUT2D eigenvalue weighted by atomic mass is 32.2. The van der Waals surface area contributed by atoms with Crippen molar-refractivity contribution >= 4 is 15.9 Å². The number of benzene rings is 1. The number of para-hydroxylation sites is 1. The third-order valence-electron chi connectivity index (χ3n) is 4.11. The number of likely N-dealkylation sites (N-methyl/N-ethyl adjacent to an activating group) is 1. The summed E-state index contributed by atoms with van der Waals surface area (Å²) < 4.78 is 28.3. The van der Waals surface area contributed by atoms with E-state index in [1.807, 2.05) is 19.0 Å². The van der Waals surface area contributed by atoms with Crippen molar-refractivity contribution in [3.05, 3.63) is 42.0 Å². The number of aromatic nitrogens is 2. The molecular formula is C16H21N5O3S. The number of nitrogens with zero attached hydrogens (tertiary/aromatic N) is 4. The molecule has 2 heterocycles. The van der Waals surface area contributed by atoms with Gasteiger partial charge in [-0.15, -0.1) is 0 Å². The number of sulfonamides is 1. The van der Waals surface area contributed by atoms with Gasteiger partial charge in [0.2, 0.25) is 10.0 Å². The minimum atomic E-state index is -3.62. The second-order valence-electron chi connectivity index (χ2n) is 6.20. The maximum Gasteiger partial charge on any atom is 0.271 e. The Hall–Kier alpha value is -2.23. The van der Waals surface area contributed by atoms with Crippen molar-refractivity contribution in [2.75, 3.05) is 34.2 Å². The molecule has 3 rings (SSSR count). The fourth-order valence-electron chi connectivity index (χ4n) is 2.74.